The van der Waals surface area contributed by atoms with E-state index in [4.69, 9.17) is 66.3 Å². The van der Waals surface area contributed by atoms with Gasteiger partial charge in [0.25, 0.3) is 0 Å². The second-order valence-electron chi connectivity index (χ2n) is 11.7. The molecule has 0 amide bonds. The van der Waals surface area contributed by atoms with Gasteiger partial charge in [0.05, 0.1) is 158 Å². The zero-order valence-corrected chi connectivity index (χ0v) is 30.5. The van der Waals surface area contributed by atoms with Crippen molar-refractivity contribution < 1.29 is 71.1 Å². The molecule has 0 bridgehead atoms. The van der Waals surface area contributed by atoms with Crippen LogP contribution in [0.15, 0.2) is 0 Å². The number of carbonyl (C=O) groups excluding carboxylic acids is 1. The minimum absolute atomic E-state index is 0.0696. The van der Waals surface area contributed by atoms with Gasteiger partial charge in [0, 0.05) is 6.61 Å². The second-order valence-corrected chi connectivity index (χ2v) is 11.7. The number of esters is 1. The molecule has 0 spiro atoms. The fourth-order valence-electron chi connectivity index (χ4n) is 3.93. The van der Waals surface area contributed by atoms with Crippen molar-refractivity contribution in [3.8, 4) is 0 Å². The van der Waals surface area contributed by atoms with Gasteiger partial charge in [0.15, 0.2) is 6.29 Å². The Labute approximate surface area is 294 Å². The fourth-order valence-corrected chi connectivity index (χ4v) is 3.93. The number of hydrogen-bond donors (Lipinski definition) is 0. The third-order valence-electron chi connectivity index (χ3n) is 6.26. The molecule has 0 saturated carbocycles. The molecule has 1 aliphatic heterocycles. The largest absolute Gasteiger partial charge is 0.460 e. The molecule has 1 atom stereocenters. The Morgan fingerprint density at radius 3 is 1.06 bits per heavy atom. The second kappa shape index (κ2) is 35.4. The van der Waals surface area contributed by atoms with E-state index in [-0.39, 0.29) is 18.7 Å². The highest BCUT2D eigenvalue weighted by molar-refractivity contribution is 5.69. The summed E-state index contributed by atoms with van der Waals surface area (Å²) in [6.45, 7) is 17.6. The van der Waals surface area contributed by atoms with Gasteiger partial charge >= 0.3 is 5.97 Å². The summed E-state index contributed by atoms with van der Waals surface area (Å²) in [6, 6.07) is 0. The zero-order chi connectivity index (χ0) is 35.4. The van der Waals surface area contributed by atoms with E-state index in [0.29, 0.717) is 152 Å². The molecule has 0 aromatic carbocycles. The van der Waals surface area contributed by atoms with Crippen LogP contribution < -0.4 is 0 Å². The highest BCUT2D eigenvalue weighted by Crippen LogP contribution is 2.13. The van der Waals surface area contributed by atoms with Gasteiger partial charge in [0.1, 0.15) is 5.60 Å². The number of ether oxygens (including phenoxy) is 14. The van der Waals surface area contributed by atoms with Crippen molar-refractivity contribution in [3.63, 3.8) is 0 Å². The van der Waals surface area contributed by atoms with E-state index >= 15 is 0 Å². The van der Waals surface area contributed by atoms with Crippen LogP contribution in [0, 0.1) is 0 Å². The maximum Gasteiger partial charge on any atom is 0.308 e. The highest BCUT2D eigenvalue weighted by Gasteiger charge is 2.16. The lowest BCUT2D eigenvalue weighted by Crippen LogP contribution is -2.24. The van der Waals surface area contributed by atoms with E-state index in [1.807, 2.05) is 20.8 Å². The maximum absolute atomic E-state index is 11.6. The first kappa shape index (κ1) is 46.0. The summed E-state index contributed by atoms with van der Waals surface area (Å²) in [6.07, 6.45) is 3.41. The predicted octanol–water partition coefficient (Wildman–Crippen LogP) is 2.44. The Morgan fingerprint density at radius 1 is 0.469 bits per heavy atom. The van der Waals surface area contributed by atoms with Crippen molar-refractivity contribution in [2.45, 2.75) is 58.3 Å². The Kier molecular flexibility index (Phi) is 33.2. The summed E-state index contributed by atoms with van der Waals surface area (Å²) >= 11 is 0. The van der Waals surface area contributed by atoms with E-state index in [1.54, 1.807) is 0 Å². The lowest BCUT2D eigenvalue weighted by Gasteiger charge is -2.22. The quantitative estimate of drug-likeness (QED) is 0.0685. The Morgan fingerprint density at radius 2 is 0.776 bits per heavy atom. The van der Waals surface area contributed by atoms with Crippen LogP contribution >= 0.6 is 0 Å². The Hall–Kier alpha value is -1.05. The molecule has 1 heterocycles. The molecule has 49 heavy (non-hydrogen) atoms. The fraction of sp³-hybridized carbons (Fsp3) is 0.971. The molecule has 292 valence electrons. The molecule has 1 saturated heterocycles. The van der Waals surface area contributed by atoms with E-state index in [9.17, 15) is 4.79 Å². The molecule has 0 N–H and O–H groups in total. The van der Waals surface area contributed by atoms with Gasteiger partial charge in [-0.2, -0.15) is 0 Å². The van der Waals surface area contributed by atoms with Crippen LogP contribution in [0.25, 0.3) is 0 Å². The van der Waals surface area contributed by atoms with E-state index in [0.717, 1.165) is 25.9 Å². The first-order valence-electron chi connectivity index (χ1n) is 17.8. The normalized spacial score (nSPS) is 15.2. The summed E-state index contributed by atoms with van der Waals surface area (Å²) in [5.74, 6) is -0.265. The van der Waals surface area contributed by atoms with Gasteiger partial charge < -0.3 is 66.3 Å². The molecule has 1 unspecified atom stereocenters. The average Bonchev–Trinajstić information content (AvgIpc) is 3.07. The first-order valence-corrected chi connectivity index (χ1v) is 17.8. The summed E-state index contributed by atoms with van der Waals surface area (Å²) in [5.41, 5.74) is -0.474. The molecule has 15 nitrogen and oxygen atoms in total. The van der Waals surface area contributed by atoms with Crippen LogP contribution in [0.1, 0.15) is 46.5 Å². The summed E-state index contributed by atoms with van der Waals surface area (Å²) in [5, 5.41) is 0. The van der Waals surface area contributed by atoms with E-state index in [2.05, 4.69) is 0 Å². The smallest absolute Gasteiger partial charge is 0.308 e. The monoisotopic (exact) mass is 714 g/mol. The molecule has 1 fully saturated rings. The van der Waals surface area contributed by atoms with Crippen LogP contribution in [0.5, 0.6) is 0 Å². The molecule has 1 rings (SSSR count). The predicted molar refractivity (Wildman–Crippen MR) is 179 cm³/mol. The maximum atomic E-state index is 11.6. The zero-order valence-electron chi connectivity index (χ0n) is 30.5. The third-order valence-corrected chi connectivity index (χ3v) is 6.26. The van der Waals surface area contributed by atoms with Crippen molar-refractivity contribution in [1.82, 2.24) is 0 Å². The Balaban J connectivity index is 1.62. The summed E-state index contributed by atoms with van der Waals surface area (Å²) < 4.78 is 76.4. The lowest BCUT2D eigenvalue weighted by atomic mass is 10.2. The minimum Gasteiger partial charge on any atom is -0.460 e. The van der Waals surface area contributed by atoms with Crippen molar-refractivity contribution in [1.29, 1.82) is 0 Å². The van der Waals surface area contributed by atoms with Crippen molar-refractivity contribution in [3.05, 3.63) is 0 Å². The van der Waals surface area contributed by atoms with Crippen LogP contribution in [0.4, 0.5) is 0 Å². The molecule has 1 aliphatic rings. The van der Waals surface area contributed by atoms with Crippen LogP contribution in [-0.4, -0.2) is 176 Å². The molecule has 0 aliphatic carbocycles. The number of hydrogen-bond acceptors (Lipinski definition) is 15. The highest BCUT2D eigenvalue weighted by atomic mass is 16.7. The average molecular weight is 715 g/mol. The standard InChI is InChI=1S/C34H66O15/c1-34(2,3)49-32(35)7-9-36-10-11-37-12-13-38-14-15-39-16-17-40-18-19-41-20-21-42-22-23-43-24-25-44-26-27-45-28-29-46-30-31-48-33-6-4-5-8-47-33/h33H,4-31H2,1-3H3. The van der Waals surface area contributed by atoms with E-state index < -0.39 is 5.60 Å². The SMILES string of the molecule is CC(C)(C)OC(=O)CCOCCOCCOCCOCCOCCOCCOCCOCCOCCOCCOCCOC1CCCCO1. The van der Waals surface area contributed by atoms with Crippen molar-refractivity contribution in [2.75, 3.05) is 159 Å². The van der Waals surface area contributed by atoms with Crippen LogP contribution in [0.3, 0.4) is 0 Å². The molecule has 0 aromatic heterocycles. The van der Waals surface area contributed by atoms with Crippen molar-refractivity contribution >= 4 is 5.97 Å². The van der Waals surface area contributed by atoms with Gasteiger partial charge in [-0.05, 0) is 40.0 Å². The van der Waals surface area contributed by atoms with Gasteiger partial charge in [-0.25, -0.2) is 0 Å². The molecule has 15 heteroatoms. The molecular weight excluding hydrogens is 648 g/mol. The van der Waals surface area contributed by atoms with Gasteiger partial charge in [-0.1, -0.05) is 0 Å². The number of rotatable bonds is 37. The Bertz CT molecular complexity index is 689. The topological polar surface area (TPSA) is 146 Å². The van der Waals surface area contributed by atoms with Gasteiger partial charge in [-0.3, -0.25) is 4.79 Å². The minimum atomic E-state index is -0.474. The lowest BCUT2D eigenvalue weighted by molar-refractivity contribution is -0.169. The van der Waals surface area contributed by atoms with Crippen molar-refractivity contribution in [2.24, 2.45) is 0 Å². The van der Waals surface area contributed by atoms with Gasteiger partial charge in [0.2, 0.25) is 0 Å². The molecule has 0 radical (unpaired) electrons. The first-order chi connectivity index (χ1) is 24.0. The summed E-state index contributed by atoms with van der Waals surface area (Å²) in [4.78, 5) is 11.6. The molecule has 0 aromatic rings. The number of carbonyl (C=O) groups is 1. The molecular formula is C34H66O15. The summed E-state index contributed by atoms with van der Waals surface area (Å²) in [7, 11) is 0. The third kappa shape index (κ3) is 36.5. The van der Waals surface area contributed by atoms with Crippen LogP contribution in [0.2, 0.25) is 0 Å². The van der Waals surface area contributed by atoms with Gasteiger partial charge in [-0.15, -0.1) is 0 Å². The van der Waals surface area contributed by atoms with Crippen LogP contribution in [-0.2, 0) is 71.1 Å². The van der Waals surface area contributed by atoms with E-state index in [1.165, 1.54) is 0 Å².